The predicted molar refractivity (Wildman–Crippen MR) is 75.3 cm³/mol. The molecule has 0 bridgehead atoms. The van der Waals surface area contributed by atoms with Crippen LogP contribution >= 0.6 is 22.9 Å². The van der Waals surface area contributed by atoms with Crippen molar-refractivity contribution in [2.45, 2.75) is 6.92 Å². The van der Waals surface area contributed by atoms with E-state index in [1.165, 1.54) is 18.4 Å². The molecule has 5 heteroatoms. The zero-order valence-electron chi connectivity index (χ0n) is 9.99. The minimum absolute atomic E-state index is 0.415. The molecule has 2 aromatic rings. The van der Waals surface area contributed by atoms with Crippen molar-refractivity contribution >= 4 is 34.6 Å². The number of anilines is 1. The molecule has 0 radical (unpaired) electrons. The number of hydrogen-bond donors (Lipinski definition) is 1. The van der Waals surface area contributed by atoms with Gasteiger partial charge in [-0.3, -0.25) is 0 Å². The Hall–Kier alpha value is -1.52. The molecule has 0 atom stereocenters. The summed E-state index contributed by atoms with van der Waals surface area (Å²) in [4.78, 5) is 12.8. The Bertz CT molecular complexity index is 607. The van der Waals surface area contributed by atoms with Crippen LogP contribution in [0.15, 0.2) is 24.3 Å². The second kappa shape index (κ2) is 5.00. The van der Waals surface area contributed by atoms with Crippen molar-refractivity contribution in [2.24, 2.45) is 0 Å². The molecule has 94 valence electrons. The molecule has 0 amide bonds. The fourth-order valence-electron chi connectivity index (χ4n) is 1.55. The van der Waals surface area contributed by atoms with Crippen molar-refractivity contribution in [1.29, 1.82) is 0 Å². The quantitative estimate of drug-likeness (QED) is 0.853. The molecule has 1 aromatic heterocycles. The van der Waals surface area contributed by atoms with Crippen LogP contribution < -0.4 is 5.73 Å². The highest BCUT2D eigenvalue weighted by atomic mass is 35.5. The topological polar surface area (TPSA) is 52.3 Å². The maximum atomic E-state index is 11.5. The van der Waals surface area contributed by atoms with Gasteiger partial charge in [-0.15, -0.1) is 11.3 Å². The maximum Gasteiger partial charge on any atom is 0.350 e. The van der Waals surface area contributed by atoms with Crippen LogP contribution in [0.4, 0.5) is 5.69 Å². The average Bonchev–Trinajstić information content (AvgIpc) is 2.74. The van der Waals surface area contributed by atoms with Crippen molar-refractivity contribution in [2.75, 3.05) is 12.8 Å². The van der Waals surface area contributed by atoms with E-state index in [0.717, 1.165) is 16.0 Å². The molecule has 3 nitrogen and oxygen atoms in total. The Morgan fingerprint density at radius 1 is 1.39 bits per heavy atom. The highest BCUT2D eigenvalue weighted by Crippen LogP contribution is 2.35. The standard InChI is InChI=1S/C13H12ClNO2S/c1-7-3-4-8(5-9(7)14)11-6-10(15)12(18-11)13(16)17-2/h3-6H,15H2,1-2H3. The number of ether oxygens (including phenoxy) is 1. The molecule has 0 saturated carbocycles. The number of methoxy groups -OCH3 is 1. The van der Waals surface area contributed by atoms with Crippen molar-refractivity contribution in [3.8, 4) is 10.4 Å². The normalized spacial score (nSPS) is 10.4. The number of nitrogens with two attached hydrogens (primary N) is 1. The van der Waals surface area contributed by atoms with Gasteiger partial charge in [-0.25, -0.2) is 4.79 Å². The van der Waals surface area contributed by atoms with Crippen LogP contribution in [-0.4, -0.2) is 13.1 Å². The molecule has 2 rings (SSSR count). The first-order valence-corrected chi connectivity index (χ1v) is 6.46. The molecule has 1 heterocycles. The summed E-state index contributed by atoms with van der Waals surface area (Å²) in [7, 11) is 1.34. The second-order valence-electron chi connectivity index (χ2n) is 3.85. The first-order valence-electron chi connectivity index (χ1n) is 5.27. The minimum atomic E-state index is -0.415. The van der Waals surface area contributed by atoms with E-state index in [-0.39, 0.29) is 0 Å². The van der Waals surface area contributed by atoms with E-state index in [1.54, 1.807) is 6.07 Å². The van der Waals surface area contributed by atoms with Crippen LogP contribution in [0.5, 0.6) is 0 Å². The Balaban J connectivity index is 2.45. The Morgan fingerprint density at radius 3 is 2.72 bits per heavy atom. The summed E-state index contributed by atoms with van der Waals surface area (Å²) in [6.45, 7) is 1.94. The van der Waals surface area contributed by atoms with Crippen LogP contribution in [0.25, 0.3) is 10.4 Å². The van der Waals surface area contributed by atoms with Gasteiger partial charge in [-0.05, 0) is 30.2 Å². The zero-order valence-corrected chi connectivity index (χ0v) is 11.6. The number of hydrogen-bond acceptors (Lipinski definition) is 4. The van der Waals surface area contributed by atoms with Crippen LogP contribution in [0.2, 0.25) is 5.02 Å². The summed E-state index contributed by atoms with van der Waals surface area (Å²) < 4.78 is 4.67. The van der Waals surface area contributed by atoms with Gasteiger partial charge in [0.05, 0.1) is 12.8 Å². The number of carbonyl (C=O) groups is 1. The van der Waals surface area contributed by atoms with E-state index in [2.05, 4.69) is 4.74 Å². The molecule has 0 saturated heterocycles. The lowest BCUT2D eigenvalue weighted by atomic mass is 10.1. The van der Waals surface area contributed by atoms with Gasteiger partial charge < -0.3 is 10.5 Å². The second-order valence-corrected chi connectivity index (χ2v) is 5.31. The largest absolute Gasteiger partial charge is 0.465 e. The number of thiophene rings is 1. The Morgan fingerprint density at radius 2 is 2.11 bits per heavy atom. The molecule has 2 N–H and O–H groups in total. The lowest BCUT2D eigenvalue weighted by Gasteiger charge is -2.01. The third kappa shape index (κ3) is 2.35. The van der Waals surface area contributed by atoms with Gasteiger partial charge in [0.25, 0.3) is 0 Å². The number of carbonyl (C=O) groups excluding carboxylic acids is 1. The van der Waals surface area contributed by atoms with Crippen molar-refractivity contribution in [3.05, 3.63) is 39.7 Å². The van der Waals surface area contributed by atoms with E-state index >= 15 is 0 Å². The summed E-state index contributed by atoms with van der Waals surface area (Å²) in [6, 6.07) is 7.51. The molecule has 0 aliphatic carbocycles. The number of halogens is 1. The molecule has 1 aromatic carbocycles. The third-order valence-electron chi connectivity index (χ3n) is 2.59. The van der Waals surface area contributed by atoms with E-state index in [4.69, 9.17) is 17.3 Å². The van der Waals surface area contributed by atoms with Gasteiger partial charge in [-0.1, -0.05) is 23.7 Å². The van der Waals surface area contributed by atoms with Gasteiger partial charge in [0, 0.05) is 9.90 Å². The number of benzene rings is 1. The zero-order chi connectivity index (χ0) is 13.3. The van der Waals surface area contributed by atoms with Gasteiger partial charge >= 0.3 is 5.97 Å². The van der Waals surface area contributed by atoms with Gasteiger partial charge in [0.2, 0.25) is 0 Å². The lowest BCUT2D eigenvalue weighted by molar-refractivity contribution is 0.0607. The fraction of sp³-hybridized carbons (Fsp3) is 0.154. The number of esters is 1. The van der Waals surface area contributed by atoms with Crippen molar-refractivity contribution < 1.29 is 9.53 Å². The van der Waals surface area contributed by atoms with E-state index in [1.807, 2.05) is 25.1 Å². The van der Waals surface area contributed by atoms with E-state index in [9.17, 15) is 4.79 Å². The molecule has 18 heavy (non-hydrogen) atoms. The highest BCUT2D eigenvalue weighted by molar-refractivity contribution is 7.18. The van der Waals surface area contributed by atoms with E-state index < -0.39 is 5.97 Å². The smallest absolute Gasteiger partial charge is 0.350 e. The molecule has 0 unspecified atom stereocenters. The predicted octanol–water partition coefficient (Wildman–Crippen LogP) is 3.75. The first-order chi connectivity index (χ1) is 8.52. The molecule has 0 spiro atoms. The number of rotatable bonds is 2. The molecule has 0 aliphatic heterocycles. The summed E-state index contributed by atoms with van der Waals surface area (Å²) >= 11 is 7.38. The van der Waals surface area contributed by atoms with Crippen molar-refractivity contribution in [3.63, 3.8) is 0 Å². The summed E-state index contributed by atoms with van der Waals surface area (Å²) in [5.41, 5.74) is 8.18. The van der Waals surface area contributed by atoms with Gasteiger partial charge in [-0.2, -0.15) is 0 Å². The summed E-state index contributed by atoms with van der Waals surface area (Å²) in [5.74, 6) is -0.415. The van der Waals surface area contributed by atoms with E-state index in [0.29, 0.717) is 15.6 Å². The number of aryl methyl sites for hydroxylation is 1. The highest BCUT2D eigenvalue weighted by Gasteiger charge is 2.15. The Labute approximate surface area is 114 Å². The SMILES string of the molecule is COC(=O)c1sc(-c2ccc(C)c(Cl)c2)cc1N. The monoisotopic (exact) mass is 281 g/mol. The molecular formula is C13H12ClNO2S. The van der Waals surface area contributed by atoms with Gasteiger partial charge in [0.1, 0.15) is 4.88 Å². The van der Waals surface area contributed by atoms with Crippen molar-refractivity contribution in [1.82, 2.24) is 0 Å². The summed E-state index contributed by atoms with van der Waals surface area (Å²) in [5, 5.41) is 0.694. The van der Waals surface area contributed by atoms with Crippen LogP contribution in [0.3, 0.4) is 0 Å². The summed E-state index contributed by atoms with van der Waals surface area (Å²) in [6.07, 6.45) is 0. The van der Waals surface area contributed by atoms with Gasteiger partial charge in [0.15, 0.2) is 0 Å². The lowest BCUT2D eigenvalue weighted by Crippen LogP contribution is -2.00. The molecule has 0 fully saturated rings. The minimum Gasteiger partial charge on any atom is -0.465 e. The molecule has 0 aliphatic rings. The first kappa shape index (κ1) is 12.9. The fourth-order valence-corrected chi connectivity index (χ4v) is 2.72. The maximum absolute atomic E-state index is 11.5. The average molecular weight is 282 g/mol. The van der Waals surface area contributed by atoms with Crippen LogP contribution in [-0.2, 0) is 4.74 Å². The molecular weight excluding hydrogens is 270 g/mol. The van der Waals surface area contributed by atoms with Crippen LogP contribution in [0.1, 0.15) is 15.2 Å². The van der Waals surface area contributed by atoms with Crippen LogP contribution in [0, 0.1) is 6.92 Å². The number of nitrogen functional groups attached to an aromatic ring is 1. The third-order valence-corrected chi connectivity index (χ3v) is 4.18. The Kier molecular flexibility index (Phi) is 3.59.